The second-order valence-corrected chi connectivity index (χ2v) is 3.35. The number of nitrogens with one attached hydrogen (secondary N) is 1. The van der Waals surface area contributed by atoms with Gasteiger partial charge in [0.1, 0.15) is 0 Å². The lowest BCUT2D eigenvalue weighted by Gasteiger charge is -2.21. The van der Waals surface area contributed by atoms with Crippen LogP contribution in [0.3, 0.4) is 0 Å². The van der Waals surface area contributed by atoms with E-state index in [1.54, 1.807) is 0 Å². The molecule has 0 bridgehead atoms. The number of nitrogens with zero attached hydrogens (tertiary/aromatic N) is 1. The van der Waals surface area contributed by atoms with Gasteiger partial charge in [0.2, 0.25) is 0 Å². The van der Waals surface area contributed by atoms with E-state index in [0.29, 0.717) is 0 Å². The normalized spacial score (nSPS) is 25.5. The highest BCUT2D eigenvalue weighted by Crippen LogP contribution is 2.18. The highest BCUT2D eigenvalue weighted by atomic mass is 15.5. The third kappa shape index (κ3) is 1.56. The van der Waals surface area contributed by atoms with Gasteiger partial charge in [0.05, 0.1) is 0 Å². The molecule has 0 unspecified atom stereocenters. The number of hydrazine groups is 1. The molecule has 1 fully saturated rings. The SMILES string of the molecule is C1=C2CCNN2CCCCC1. The molecule has 0 atom stereocenters. The van der Waals surface area contributed by atoms with Gasteiger partial charge >= 0.3 is 0 Å². The molecule has 2 nitrogen and oxygen atoms in total. The van der Waals surface area contributed by atoms with Gasteiger partial charge in [-0.25, -0.2) is 5.43 Å². The molecule has 0 aromatic carbocycles. The van der Waals surface area contributed by atoms with Crippen molar-refractivity contribution < 1.29 is 0 Å². The van der Waals surface area contributed by atoms with E-state index >= 15 is 0 Å². The molecule has 0 amide bonds. The maximum Gasteiger partial charge on any atom is 0.0340 e. The van der Waals surface area contributed by atoms with Crippen molar-refractivity contribution in [1.82, 2.24) is 10.4 Å². The summed E-state index contributed by atoms with van der Waals surface area (Å²) in [6.07, 6.45) is 9.05. The lowest BCUT2D eigenvalue weighted by atomic mass is 10.1. The Bertz CT molecular complexity index is 163. The summed E-state index contributed by atoms with van der Waals surface area (Å²) in [6, 6.07) is 0. The molecule has 11 heavy (non-hydrogen) atoms. The Morgan fingerprint density at radius 2 is 2.27 bits per heavy atom. The quantitative estimate of drug-likeness (QED) is 0.568. The van der Waals surface area contributed by atoms with Crippen LogP contribution in [-0.2, 0) is 0 Å². The Kier molecular flexibility index (Phi) is 2.13. The van der Waals surface area contributed by atoms with Gasteiger partial charge in [0.15, 0.2) is 0 Å². The third-order valence-corrected chi connectivity index (χ3v) is 2.50. The second kappa shape index (κ2) is 3.26. The molecule has 1 saturated heterocycles. The van der Waals surface area contributed by atoms with Gasteiger partial charge in [-0.15, -0.1) is 0 Å². The Morgan fingerprint density at radius 1 is 1.27 bits per heavy atom. The standard InChI is InChI=1S/C9H16N2/c1-2-4-8-11-9(5-3-1)6-7-10-11/h5,10H,1-4,6-8H2. The molecule has 2 aliphatic rings. The lowest BCUT2D eigenvalue weighted by molar-refractivity contribution is 0.284. The first-order valence-corrected chi connectivity index (χ1v) is 4.67. The maximum absolute atomic E-state index is 3.39. The van der Waals surface area contributed by atoms with Crippen molar-refractivity contribution in [3.8, 4) is 0 Å². The highest BCUT2D eigenvalue weighted by Gasteiger charge is 2.15. The van der Waals surface area contributed by atoms with E-state index in [9.17, 15) is 0 Å². The number of hydrogen-bond acceptors (Lipinski definition) is 2. The summed E-state index contributed by atoms with van der Waals surface area (Å²) in [7, 11) is 0. The monoisotopic (exact) mass is 152 g/mol. The van der Waals surface area contributed by atoms with Gasteiger partial charge in [0.25, 0.3) is 0 Å². The van der Waals surface area contributed by atoms with E-state index in [2.05, 4.69) is 16.5 Å². The first-order chi connectivity index (χ1) is 5.47. The first kappa shape index (κ1) is 7.17. The van der Waals surface area contributed by atoms with Gasteiger partial charge < -0.3 is 5.01 Å². The van der Waals surface area contributed by atoms with E-state index in [4.69, 9.17) is 0 Å². The van der Waals surface area contributed by atoms with Crippen molar-refractivity contribution in [1.29, 1.82) is 0 Å². The summed E-state index contributed by atoms with van der Waals surface area (Å²) in [5.41, 5.74) is 4.92. The minimum Gasteiger partial charge on any atom is -0.313 e. The van der Waals surface area contributed by atoms with Gasteiger partial charge in [-0.05, 0) is 19.3 Å². The molecule has 0 saturated carbocycles. The van der Waals surface area contributed by atoms with Crippen LogP contribution in [0.5, 0.6) is 0 Å². The smallest absolute Gasteiger partial charge is 0.0340 e. The van der Waals surface area contributed by atoms with Gasteiger partial charge in [0, 0.05) is 25.2 Å². The van der Waals surface area contributed by atoms with Gasteiger partial charge in [-0.3, -0.25) is 0 Å². The molecule has 62 valence electrons. The van der Waals surface area contributed by atoms with Crippen LogP contribution < -0.4 is 5.43 Å². The van der Waals surface area contributed by atoms with Crippen LogP contribution in [0, 0.1) is 0 Å². The molecular formula is C9H16N2. The van der Waals surface area contributed by atoms with Crippen molar-refractivity contribution in [3.05, 3.63) is 11.8 Å². The zero-order chi connectivity index (χ0) is 7.52. The minimum absolute atomic E-state index is 1.14. The summed E-state index contributed by atoms with van der Waals surface area (Å²) in [4.78, 5) is 0. The van der Waals surface area contributed by atoms with Gasteiger partial charge in [-0.1, -0.05) is 12.5 Å². The first-order valence-electron chi connectivity index (χ1n) is 4.67. The van der Waals surface area contributed by atoms with Crippen molar-refractivity contribution in [2.24, 2.45) is 0 Å². The largest absolute Gasteiger partial charge is 0.313 e. The molecule has 2 heterocycles. The van der Waals surface area contributed by atoms with E-state index < -0.39 is 0 Å². The van der Waals surface area contributed by atoms with Crippen LogP contribution in [-0.4, -0.2) is 18.1 Å². The molecule has 2 rings (SSSR count). The number of allylic oxidation sites excluding steroid dienone is 1. The van der Waals surface area contributed by atoms with E-state index in [1.165, 1.54) is 44.3 Å². The van der Waals surface area contributed by atoms with E-state index in [0.717, 1.165) is 6.54 Å². The third-order valence-electron chi connectivity index (χ3n) is 2.50. The molecule has 0 aromatic heterocycles. The second-order valence-electron chi connectivity index (χ2n) is 3.35. The van der Waals surface area contributed by atoms with Crippen LogP contribution in [0.2, 0.25) is 0 Å². The van der Waals surface area contributed by atoms with E-state index in [1.807, 2.05) is 0 Å². The van der Waals surface area contributed by atoms with Crippen LogP contribution in [0.4, 0.5) is 0 Å². The molecule has 0 aromatic rings. The van der Waals surface area contributed by atoms with Crippen LogP contribution in [0.1, 0.15) is 32.1 Å². The Balaban J connectivity index is 2.04. The maximum atomic E-state index is 3.39. The average Bonchev–Trinajstić information content (AvgIpc) is 2.35. The van der Waals surface area contributed by atoms with Crippen molar-refractivity contribution in [2.75, 3.05) is 13.1 Å². The molecular weight excluding hydrogens is 136 g/mol. The summed E-state index contributed by atoms with van der Waals surface area (Å²) >= 11 is 0. The predicted molar refractivity (Wildman–Crippen MR) is 45.9 cm³/mol. The number of rotatable bonds is 0. The summed E-state index contributed by atoms with van der Waals surface area (Å²) in [5, 5.41) is 2.33. The average molecular weight is 152 g/mol. The Labute approximate surface area is 68.2 Å². The molecule has 2 aliphatic heterocycles. The molecule has 0 aliphatic carbocycles. The highest BCUT2D eigenvalue weighted by molar-refractivity contribution is 5.05. The summed E-state index contributed by atoms with van der Waals surface area (Å²) in [6.45, 7) is 2.36. The number of fused-ring (bicyclic) bond motifs is 1. The summed E-state index contributed by atoms with van der Waals surface area (Å²) in [5.74, 6) is 0. The summed E-state index contributed by atoms with van der Waals surface area (Å²) < 4.78 is 0. The van der Waals surface area contributed by atoms with Crippen LogP contribution in [0.25, 0.3) is 0 Å². The van der Waals surface area contributed by atoms with Crippen LogP contribution in [0.15, 0.2) is 11.8 Å². The van der Waals surface area contributed by atoms with Crippen molar-refractivity contribution in [2.45, 2.75) is 32.1 Å². The predicted octanol–water partition coefficient (Wildman–Crippen LogP) is 1.65. The fourth-order valence-corrected chi connectivity index (χ4v) is 1.85. The fourth-order valence-electron chi connectivity index (χ4n) is 1.85. The van der Waals surface area contributed by atoms with Crippen molar-refractivity contribution >= 4 is 0 Å². The van der Waals surface area contributed by atoms with Crippen molar-refractivity contribution in [3.63, 3.8) is 0 Å². The topological polar surface area (TPSA) is 15.3 Å². The van der Waals surface area contributed by atoms with Gasteiger partial charge in [-0.2, -0.15) is 0 Å². The fraction of sp³-hybridized carbons (Fsp3) is 0.778. The molecule has 0 spiro atoms. The molecule has 2 heteroatoms. The number of hydrogen-bond donors (Lipinski definition) is 1. The lowest BCUT2D eigenvalue weighted by Crippen LogP contribution is -2.31. The zero-order valence-corrected chi connectivity index (χ0v) is 6.97. The molecule has 0 radical (unpaired) electrons. The minimum atomic E-state index is 1.14. The Hall–Kier alpha value is -0.500. The Morgan fingerprint density at radius 3 is 3.27 bits per heavy atom. The van der Waals surface area contributed by atoms with Crippen LogP contribution >= 0.6 is 0 Å². The van der Waals surface area contributed by atoms with E-state index in [-0.39, 0.29) is 0 Å². The molecule has 1 N–H and O–H groups in total. The zero-order valence-electron chi connectivity index (χ0n) is 6.97.